The lowest BCUT2D eigenvalue weighted by atomic mass is 9.88. The molecule has 2 aromatic heterocycles. The number of rotatable bonds is 5. The van der Waals surface area contributed by atoms with Crippen molar-refractivity contribution in [3.63, 3.8) is 0 Å². The highest BCUT2D eigenvalue weighted by Crippen LogP contribution is 2.27. The Morgan fingerprint density at radius 1 is 1.22 bits per heavy atom. The first-order valence-corrected chi connectivity index (χ1v) is 10.6. The Morgan fingerprint density at radius 3 is 2.56 bits per heavy atom. The molecule has 4 rings (SSSR count). The summed E-state index contributed by atoms with van der Waals surface area (Å²) in [4.78, 5) is 33.2. The predicted octanol–water partition coefficient (Wildman–Crippen LogP) is 1.06. The van der Waals surface area contributed by atoms with Crippen LogP contribution in [0.5, 0.6) is 0 Å². The number of halogens is 1. The molecule has 3 N–H and O–H groups in total. The first-order chi connectivity index (χ1) is 15.3. The minimum absolute atomic E-state index is 0.0662. The summed E-state index contributed by atoms with van der Waals surface area (Å²) >= 11 is 0. The van der Waals surface area contributed by atoms with Crippen LogP contribution in [0.1, 0.15) is 23.5 Å². The van der Waals surface area contributed by atoms with E-state index in [0.29, 0.717) is 18.5 Å². The summed E-state index contributed by atoms with van der Waals surface area (Å²) in [5.41, 5.74) is 8.46. The van der Waals surface area contributed by atoms with E-state index in [-0.39, 0.29) is 18.4 Å². The second kappa shape index (κ2) is 8.66. The molecular formula is C23H28FN6O2+. The van der Waals surface area contributed by atoms with Crippen molar-refractivity contribution in [3.8, 4) is 11.1 Å². The van der Waals surface area contributed by atoms with Gasteiger partial charge in [0.05, 0.1) is 6.54 Å². The number of aromatic nitrogens is 3. The van der Waals surface area contributed by atoms with Crippen molar-refractivity contribution >= 4 is 17.5 Å². The Morgan fingerprint density at radius 2 is 1.94 bits per heavy atom. The molecule has 1 fully saturated rings. The molecule has 2 amide bonds. The van der Waals surface area contributed by atoms with Crippen molar-refractivity contribution in [2.75, 3.05) is 27.2 Å². The maximum absolute atomic E-state index is 13.6. The summed E-state index contributed by atoms with van der Waals surface area (Å²) in [7, 11) is 3.31. The van der Waals surface area contributed by atoms with Gasteiger partial charge in [-0.25, -0.2) is 13.9 Å². The quantitative estimate of drug-likeness (QED) is 0.643. The second-order valence-corrected chi connectivity index (χ2v) is 8.55. The summed E-state index contributed by atoms with van der Waals surface area (Å²) in [6, 6.07) is 8.76. The monoisotopic (exact) mass is 439 g/mol. The fourth-order valence-electron chi connectivity index (χ4n) is 4.25. The van der Waals surface area contributed by atoms with Gasteiger partial charge < -0.3 is 15.5 Å². The van der Waals surface area contributed by atoms with Crippen molar-refractivity contribution in [1.29, 1.82) is 0 Å². The van der Waals surface area contributed by atoms with E-state index in [2.05, 4.69) is 15.8 Å². The third-order valence-corrected chi connectivity index (χ3v) is 6.03. The van der Waals surface area contributed by atoms with E-state index in [9.17, 15) is 14.0 Å². The number of quaternary nitrogens is 1. The Bertz CT molecular complexity index is 1140. The topological polar surface area (TPSA) is 98.5 Å². The number of nitrogens with zero attached hydrogens (tertiary/aromatic N) is 5. The zero-order valence-corrected chi connectivity index (χ0v) is 18.5. The second-order valence-electron chi connectivity index (χ2n) is 8.55. The van der Waals surface area contributed by atoms with Crippen LogP contribution in [0.3, 0.4) is 0 Å². The molecule has 1 aliphatic heterocycles. The molecule has 0 aliphatic carbocycles. The minimum Gasteiger partial charge on any atom is -0.348 e. The molecule has 1 saturated heterocycles. The summed E-state index contributed by atoms with van der Waals surface area (Å²) in [5.74, 6) is -1.24. The summed E-state index contributed by atoms with van der Waals surface area (Å²) in [5, 5.41) is 4.22. The third kappa shape index (κ3) is 4.08. The van der Waals surface area contributed by atoms with Gasteiger partial charge in [-0.2, -0.15) is 5.10 Å². The van der Waals surface area contributed by atoms with Gasteiger partial charge in [-0.3, -0.25) is 9.59 Å². The number of likely N-dealkylation sites (tertiary alicyclic amines) is 1. The fraction of sp³-hybridized carbons (Fsp3) is 0.391. The Labute approximate surface area is 185 Å². The van der Waals surface area contributed by atoms with E-state index in [1.165, 1.54) is 16.1 Å². The van der Waals surface area contributed by atoms with E-state index in [1.807, 2.05) is 43.5 Å². The standard InChI is InChI=1S/C23H27FN6O2/c1-14-10-17(11-30-21(14)26-13-27-30)15-4-6-16(7-5-15)19(22(31)28(2)3)20(25)23(32)29-9-8-18(24)12-29/h4-7,10-11,13,18-20H,8-9,12,25H2,1-3H3/p+1/t18-,19-,20-/m0/s1. The predicted molar refractivity (Wildman–Crippen MR) is 117 cm³/mol. The van der Waals surface area contributed by atoms with Crippen LogP contribution in [0.25, 0.3) is 16.8 Å². The van der Waals surface area contributed by atoms with Crippen molar-refractivity contribution in [2.45, 2.75) is 31.5 Å². The highest BCUT2D eigenvalue weighted by molar-refractivity contribution is 5.92. The Balaban J connectivity index is 1.64. The number of fused-ring (bicyclic) bond motifs is 1. The number of hydrogen-bond acceptors (Lipinski definition) is 4. The zero-order chi connectivity index (χ0) is 23.0. The fourth-order valence-corrected chi connectivity index (χ4v) is 4.25. The van der Waals surface area contributed by atoms with Crippen molar-refractivity contribution < 1.29 is 19.7 Å². The van der Waals surface area contributed by atoms with Crippen LogP contribution < -0.4 is 5.73 Å². The number of benzene rings is 1. The van der Waals surface area contributed by atoms with Gasteiger partial charge in [0.1, 0.15) is 18.4 Å². The molecule has 0 bridgehead atoms. The average molecular weight is 440 g/mol. The lowest BCUT2D eigenvalue weighted by Gasteiger charge is -2.26. The SMILES string of the molecule is Cc1cc(-c2ccc([C@H](C(=O)N(C)C)[C@H]([NH3+])C(=O)N3CC[C@H](F)C3)cc2)cn2ncnc12. The molecule has 32 heavy (non-hydrogen) atoms. The number of likely N-dealkylation sites (N-methyl/N-ethyl adjacent to an activating group) is 1. The van der Waals surface area contributed by atoms with Gasteiger partial charge in [0.25, 0.3) is 5.91 Å². The van der Waals surface area contributed by atoms with Gasteiger partial charge >= 0.3 is 0 Å². The summed E-state index contributed by atoms with van der Waals surface area (Å²) in [6.07, 6.45) is 2.74. The lowest BCUT2D eigenvalue weighted by Crippen LogP contribution is -2.71. The molecule has 8 nitrogen and oxygen atoms in total. The normalized spacial score (nSPS) is 18.0. The molecule has 3 aromatic rings. The number of carbonyl (C=O) groups excluding carboxylic acids is 2. The van der Waals surface area contributed by atoms with Gasteiger partial charge in [-0.15, -0.1) is 0 Å². The molecular weight excluding hydrogens is 411 g/mol. The maximum atomic E-state index is 13.6. The zero-order valence-electron chi connectivity index (χ0n) is 18.5. The van der Waals surface area contributed by atoms with Gasteiger partial charge in [0.2, 0.25) is 5.91 Å². The van der Waals surface area contributed by atoms with Crippen LogP contribution in [0.2, 0.25) is 0 Å². The third-order valence-electron chi connectivity index (χ3n) is 6.03. The number of alkyl halides is 1. The van der Waals surface area contributed by atoms with Gasteiger partial charge in [-0.1, -0.05) is 24.3 Å². The molecule has 3 atom stereocenters. The van der Waals surface area contributed by atoms with Gasteiger partial charge in [-0.05, 0) is 36.1 Å². The Kier molecular flexibility index (Phi) is 5.92. The molecule has 3 heterocycles. The van der Waals surface area contributed by atoms with Crippen LogP contribution in [0.15, 0.2) is 42.9 Å². The van der Waals surface area contributed by atoms with Crippen molar-refractivity contribution in [1.82, 2.24) is 24.4 Å². The first kappa shape index (κ1) is 21.9. The maximum Gasteiger partial charge on any atom is 0.282 e. The van der Waals surface area contributed by atoms with E-state index in [4.69, 9.17) is 0 Å². The number of carbonyl (C=O) groups is 2. The van der Waals surface area contributed by atoms with Gasteiger partial charge in [0.15, 0.2) is 11.7 Å². The van der Waals surface area contributed by atoms with Gasteiger partial charge in [0, 0.05) is 32.4 Å². The van der Waals surface area contributed by atoms with E-state index in [1.54, 1.807) is 18.6 Å². The lowest BCUT2D eigenvalue weighted by molar-refractivity contribution is -0.409. The van der Waals surface area contributed by atoms with E-state index in [0.717, 1.165) is 22.3 Å². The molecule has 1 aromatic carbocycles. The highest BCUT2D eigenvalue weighted by atomic mass is 19.1. The highest BCUT2D eigenvalue weighted by Gasteiger charge is 2.40. The molecule has 9 heteroatoms. The number of amides is 2. The van der Waals surface area contributed by atoms with Crippen LogP contribution in [-0.4, -0.2) is 75.6 Å². The largest absolute Gasteiger partial charge is 0.348 e. The average Bonchev–Trinajstić information content (AvgIpc) is 3.42. The van der Waals surface area contributed by atoms with Crippen LogP contribution in [0.4, 0.5) is 4.39 Å². The summed E-state index contributed by atoms with van der Waals surface area (Å²) in [6.45, 7) is 2.40. The van der Waals surface area contributed by atoms with Crippen LogP contribution in [0, 0.1) is 6.92 Å². The first-order valence-electron chi connectivity index (χ1n) is 10.6. The molecule has 0 saturated carbocycles. The molecule has 168 valence electrons. The molecule has 1 aliphatic rings. The van der Waals surface area contributed by atoms with E-state index < -0.39 is 18.1 Å². The summed E-state index contributed by atoms with van der Waals surface area (Å²) < 4.78 is 15.4. The number of pyridine rings is 1. The molecule has 0 unspecified atom stereocenters. The minimum atomic E-state index is -1.01. The van der Waals surface area contributed by atoms with Crippen LogP contribution in [-0.2, 0) is 9.59 Å². The molecule has 0 radical (unpaired) electrons. The van der Waals surface area contributed by atoms with Crippen molar-refractivity contribution in [3.05, 3.63) is 54.0 Å². The number of hydrogen-bond donors (Lipinski definition) is 1. The molecule has 0 spiro atoms. The smallest absolute Gasteiger partial charge is 0.282 e. The Hall–Kier alpha value is -3.33. The van der Waals surface area contributed by atoms with Crippen LogP contribution >= 0.6 is 0 Å². The number of aryl methyl sites for hydroxylation is 1. The van der Waals surface area contributed by atoms with Crippen molar-refractivity contribution in [2.24, 2.45) is 0 Å². The van der Waals surface area contributed by atoms with E-state index >= 15 is 0 Å².